The first-order valence-electron chi connectivity index (χ1n) is 7.39. The number of carbonyl (C=O) groups excluding carboxylic acids is 1. The zero-order valence-corrected chi connectivity index (χ0v) is 13.9. The van der Waals surface area contributed by atoms with Crippen LogP contribution in [0.1, 0.15) is 32.4 Å². The van der Waals surface area contributed by atoms with E-state index >= 15 is 0 Å². The Kier molecular flexibility index (Phi) is 10.9. The van der Waals surface area contributed by atoms with Crippen LogP contribution in [0.25, 0.3) is 0 Å². The summed E-state index contributed by atoms with van der Waals surface area (Å²) in [5, 5.41) is 0. The molecule has 0 fully saturated rings. The molecule has 0 aromatic heterocycles. The van der Waals surface area contributed by atoms with E-state index in [1.165, 1.54) is 4.90 Å². The van der Waals surface area contributed by atoms with E-state index in [4.69, 9.17) is 9.47 Å². The maximum Gasteiger partial charge on any atom is 0.339 e. The number of nitrogens with one attached hydrogen (secondary N) is 1. The molecule has 0 spiro atoms. The highest BCUT2D eigenvalue weighted by Crippen LogP contribution is 2.18. The summed E-state index contributed by atoms with van der Waals surface area (Å²) in [5.41, 5.74) is 0.848. The van der Waals surface area contributed by atoms with Gasteiger partial charge in [-0.25, -0.2) is 4.79 Å². The number of benzene rings is 1. The lowest BCUT2D eigenvalue weighted by molar-refractivity contribution is -0.896. The fraction of sp³-hybridized carbons (Fsp3) is 0.562. The molecule has 4 nitrogen and oxygen atoms in total. The molecule has 0 saturated heterocycles. The van der Waals surface area contributed by atoms with Gasteiger partial charge >= 0.3 is 5.97 Å². The summed E-state index contributed by atoms with van der Waals surface area (Å²) in [6.07, 6.45) is -0.619. The van der Waals surface area contributed by atoms with Gasteiger partial charge in [-0.2, -0.15) is 0 Å². The Morgan fingerprint density at radius 1 is 1.14 bits per heavy atom. The highest BCUT2D eigenvalue weighted by atomic mass is 35.5. The van der Waals surface area contributed by atoms with Gasteiger partial charge in [0.05, 0.1) is 26.3 Å². The average molecular weight is 316 g/mol. The van der Waals surface area contributed by atoms with Crippen LogP contribution in [-0.2, 0) is 14.3 Å². The number of quaternary nitrogens is 1. The lowest BCUT2D eigenvalue weighted by atomic mass is 10.1. The van der Waals surface area contributed by atoms with Crippen molar-refractivity contribution in [1.82, 2.24) is 0 Å². The fourth-order valence-corrected chi connectivity index (χ4v) is 2.07. The molecule has 1 N–H and O–H groups in total. The van der Waals surface area contributed by atoms with Crippen LogP contribution >= 0.6 is 0 Å². The molecule has 1 atom stereocenters. The van der Waals surface area contributed by atoms with Gasteiger partial charge in [0.25, 0.3) is 0 Å². The van der Waals surface area contributed by atoms with Crippen molar-refractivity contribution in [2.45, 2.75) is 26.9 Å². The first-order chi connectivity index (χ1) is 9.72. The van der Waals surface area contributed by atoms with Crippen LogP contribution in [0.4, 0.5) is 0 Å². The standard InChI is InChI=1S/C16H25NO3.ClH/c1-4-17(5-2)12-13-20-15(16(18)19-6-3)14-10-8-7-9-11-14;/h7-11,15H,4-6,12-13H2,1-3H3;1H. The van der Waals surface area contributed by atoms with Crippen LogP contribution in [0.15, 0.2) is 30.3 Å². The predicted molar refractivity (Wildman–Crippen MR) is 78.7 cm³/mol. The SMILES string of the molecule is CCOC(=O)C(OCC[NH+](CC)CC)c1ccccc1.[Cl-]. The van der Waals surface area contributed by atoms with Gasteiger partial charge in [-0.05, 0) is 26.3 Å². The maximum absolute atomic E-state index is 12.0. The Bertz CT molecular complexity index is 382. The van der Waals surface area contributed by atoms with E-state index < -0.39 is 6.10 Å². The summed E-state index contributed by atoms with van der Waals surface area (Å²) < 4.78 is 10.9. The number of esters is 1. The molecule has 0 heterocycles. The molecule has 0 amide bonds. The van der Waals surface area contributed by atoms with Crippen molar-refractivity contribution in [1.29, 1.82) is 0 Å². The Hall–Kier alpha value is -1.10. The molecule has 1 rings (SSSR count). The lowest BCUT2D eigenvalue weighted by Crippen LogP contribution is -3.11. The number of ether oxygens (including phenoxy) is 2. The van der Waals surface area contributed by atoms with Crippen LogP contribution in [0.5, 0.6) is 0 Å². The molecule has 0 saturated carbocycles. The molecule has 0 aliphatic heterocycles. The highest BCUT2D eigenvalue weighted by Gasteiger charge is 2.22. The molecule has 0 aliphatic carbocycles. The number of halogens is 1. The molecular weight excluding hydrogens is 290 g/mol. The van der Waals surface area contributed by atoms with E-state index in [0.717, 1.165) is 25.2 Å². The van der Waals surface area contributed by atoms with E-state index in [1.807, 2.05) is 30.3 Å². The molecule has 0 aliphatic rings. The summed E-state index contributed by atoms with van der Waals surface area (Å²) in [6.45, 7) is 10.1. The second-order valence-corrected chi connectivity index (χ2v) is 4.62. The molecule has 0 bridgehead atoms. The number of hydrogen-bond donors (Lipinski definition) is 1. The Morgan fingerprint density at radius 2 is 1.76 bits per heavy atom. The van der Waals surface area contributed by atoms with Gasteiger partial charge in [-0.1, -0.05) is 30.3 Å². The van der Waals surface area contributed by atoms with Gasteiger partial charge in [-0.15, -0.1) is 0 Å². The summed E-state index contributed by atoms with van der Waals surface area (Å²) >= 11 is 0. The number of likely N-dealkylation sites (N-methyl/N-ethyl adjacent to an activating group) is 1. The summed E-state index contributed by atoms with van der Waals surface area (Å²) in [5.74, 6) is -0.312. The van der Waals surface area contributed by atoms with Crippen LogP contribution < -0.4 is 17.3 Å². The van der Waals surface area contributed by atoms with Gasteiger partial charge < -0.3 is 26.8 Å². The fourth-order valence-electron chi connectivity index (χ4n) is 2.07. The van der Waals surface area contributed by atoms with Crippen LogP contribution in [0, 0.1) is 0 Å². The van der Waals surface area contributed by atoms with Crippen LogP contribution in [-0.4, -0.2) is 38.8 Å². The molecule has 0 radical (unpaired) electrons. The molecule has 1 aromatic rings. The van der Waals surface area contributed by atoms with Crippen molar-refractivity contribution < 1.29 is 31.6 Å². The number of carbonyl (C=O) groups is 1. The number of rotatable bonds is 9. The van der Waals surface area contributed by atoms with Crippen molar-refractivity contribution >= 4 is 5.97 Å². The normalized spacial score (nSPS) is 11.8. The highest BCUT2D eigenvalue weighted by molar-refractivity contribution is 5.76. The number of hydrogen-bond acceptors (Lipinski definition) is 3. The van der Waals surface area contributed by atoms with Gasteiger partial charge in [-0.3, -0.25) is 0 Å². The minimum absolute atomic E-state index is 0. The van der Waals surface area contributed by atoms with Gasteiger partial charge in [0, 0.05) is 0 Å². The third-order valence-corrected chi connectivity index (χ3v) is 3.34. The Balaban J connectivity index is 0.00000400. The average Bonchev–Trinajstić information content (AvgIpc) is 2.48. The van der Waals surface area contributed by atoms with Gasteiger partial charge in [0.2, 0.25) is 0 Å². The largest absolute Gasteiger partial charge is 1.00 e. The topological polar surface area (TPSA) is 40.0 Å². The van der Waals surface area contributed by atoms with Crippen LogP contribution in [0.3, 0.4) is 0 Å². The molecule has 21 heavy (non-hydrogen) atoms. The summed E-state index contributed by atoms with van der Waals surface area (Å²) in [7, 11) is 0. The Morgan fingerprint density at radius 3 is 2.29 bits per heavy atom. The molecule has 120 valence electrons. The quantitative estimate of drug-likeness (QED) is 0.549. The second kappa shape index (κ2) is 11.5. The van der Waals surface area contributed by atoms with Crippen LogP contribution in [0.2, 0.25) is 0 Å². The maximum atomic E-state index is 12.0. The van der Waals surface area contributed by atoms with Crippen molar-refractivity contribution in [3.63, 3.8) is 0 Å². The van der Waals surface area contributed by atoms with Crippen molar-refractivity contribution in [3.8, 4) is 0 Å². The van der Waals surface area contributed by atoms with E-state index in [2.05, 4.69) is 13.8 Å². The van der Waals surface area contributed by atoms with Crippen molar-refractivity contribution in [3.05, 3.63) is 35.9 Å². The monoisotopic (exact) mass is 315 g/mol. The van der Waals surface area contributed by atoms with Crippen molar-refractivity contribution in [2.24, 2.45) is 0 Å². The third kappa shape index (κ3) is 6.93. The third-order valence-electron chi connectivity index (χ3n) is 3.34. The van der Waals surface area contributed by atoms with Crippen molar-refractivity contribution in [2.75, 3.05) is 32.8 Å². The molecule has 5 heteroatoms. The summed E-state index contributed by atoms with van der Waals surface area (Å²) in [4.78, 5) is 13.5. The summed E-state index contributed by atoms with van der Waals surface area (Å²) in [6, 6.07) is 9.52. The predicted octanol–water partition coefficient (Wildman–Crippen LogP) is -1.76. The van der Waals surface area contributed by atoms with E-state index in [1.54, 1.807) is 6.92 Å². The Labute approximate surface area is 133 Å². The van der Waals surface area contributed by atoms with E-state index in [-0.39, 0.29) is 18.4 Å². The zero-order valence-electron chi connectivity index (χ0n) is 13.1. The van der Waals surface area contributed by atoms with E-state index in [9.17, 15) is 4.79 Å². The molecule has 1 aromatic carbocycles. The minimum Gasteiger partial charge on any atom is -1.00 e. The van der Waals surface area contributed by atoms with Gasteiger partial charge in [0.1, 0.15) is 6.54 Å². The second-order valence-electron chi connectivity index (χ2n) is 4.62. The first-order valence-corrected chi connectivity index (χ1v) is 7.39. The molecular formula is C16H26ClNO3. The molecule has 1 unspecified atom stereocenters. The lowest BCUT2D eigenvalue weighted by Gasteiger charge is -2.19. The first kappa shape index (κ1) is 19.9. The van der Waals surface area contributed by atoms with Gasteiger partial charge in [0.15, 0.2) is 6.10 Å². The minimum atomic E-state index is -0.619. The van der Waals surface area contributed by atoms with E-state index in [0.29, 0.717) is 13.2 Å². The zero-order chi connectivity index (χ0) is 14.8. The smallest absolute Gasteiger partial charge is 0.339 e.